The SMILES string of the molecule is Cn1cc(-c2ccc(C(C(=O)NCc3ccccc3)[C@H]3CC[C@H](Cc4ncc(C#N)c(NC5CCCCC5O)n4)CC3)nc2)cn1. The number of aromatic nitrogens is 5. The van der Waals surface area contributed by atoms with Crippen LogP contribution in [0.15, 0.2) is 67.3 Å². The van der Waals surface area contributed by atoms with Crippen LogP contribution in [0.2, 0.25) is 0 Å². The van der Waals surface area contributed by atoms with E-state index >= 15 is 0 Å². The molecule has 3 atom stereocenters. The first-order chi connectivity index (χ1) is 22.5. The average Bonchev–Trinajstić information content (AvgIpc) is 3.53. The maximum Gasteiger partial charge on any atom is 0.229 e. The Bertz CT molecular complexity index is 1640. The number of hydrogen-bond donors (Lipinski definition) is 3. The van der Waals surface area contributed by atoms with Crippen molar-refractivity contribution >= 4 is 11.7 Å². The molecular weight excluding hydrogens is 576 g/mol. The second kappa shape index (κ2) is 14.6. The molecule has 4 aromatic rings. The van der Waals surface area contributed by atoms with Gasteiger partial charge in [0.15, 0.2) is 0 Å². The lowest BCUT2D eigenvalue weighted by atomic mass is 9.73. The fourth-order valence-corrected chi connectivity index (χ4v) is 6.96. The van der Waals surface area contributed by atoms with Crippen LogP contribution in [0.1, 0.15) is 79.9 Å². The summed E-state index contributed by atoms with van der Waals surface area (Å²) in [6.45, 7) is 0.476. The minimum absolute atomic E-state index is 0.00460. The van der Waals surface area contributed by atoms with Gasteiger partial charge in [0.25, 0.3) is 0 Å². The van der Waals surface area contributed by atoms with Crippen LogP contribution in [0.25, 0.3) is 11.1 Å². The van der Waals surface area contributed by atoms with Gasteiger partial charge in [-0.15, -0.1) is 0 Å². The molecule has 6 rings (SSSR count). The topological polar surface area (TPSA) is 142 Å². The van der Waals surface area contributed by atoms with Gasteiger partial charge in [0.2, 0.25) is 5.91 Å². The lowest BCUT2D eigenvalue weighted by Crippen LogP contribution is -2.37. The second-order valence-electron chi connectivity index (χ2n) is 12.8. The molecule has 0 saturated heterocycles. The monoisotopic (exact) mass is 618 g/mol. The summed E-state index contributed by atoms with van der Waals surface area (Å²) in [5.41, 5.74) is 4.21. The lowest BCUT2D eigenvalue weighted by Gasteiger charge is -2.33. The Balaban J connectivity index is 1.13. The third kappa shape index (κ3) is 7.60. The van der Waals surface area contributed by atoms with Crippen LogP contribution in [0.5, 0.6) is 0 Å². The van der Waals surface area contributed by atoms with Gasteiger partial charge < -0.3 is 15.7 Å². The number of benzene rings is 1. The molecule has 3 aromatic heterocycles. The van der Waals surface area contributed by atoms with E-state index in [2.05, 4.69) is 26.8 Å². The van der Waals surface area contributed by atoms with Crippen LogP contribution < -0.4 is 10.6 Å². The number of carbonyl (C=O) groups is 1. The molecule has 0 bridgehead atoms. The zero-order valence-electron chi connectivity index (χ0n) is 26.3. The molecule has 3 unspecified atom stereocenters. The molecular formula is C36H42N8O2. The Kier molecular flexibility index (Phi) is 9.99. The van der Waals surface area contributed by atoms with Crippen molar-refractivity contribution in [1.29, 1.82) is 5.26 Å². The first kappa shape index (κ1) is 31.4. The molecule has 3 N–H and O–H groups in total. The van der Waals surface area contributed by atoms with Gasteiger partial charge in [0.1, 0.15) is 23.3 Å². The van der Waals surface area contributed by atoms with Crippen LogP contribution in [-0.4, -0.2) is 47.9 Å². The molecule has 3 heterocycles. The zero-order chi connectivity index (χ0) is 31.9. The maximum absolute atomic E-state index is 13.8. The van der Waals surface area contributed by atoms with Gasteiger partial charge in [-0.3, -0.25) is 14.5 Å². The minimum Gasteiger partial charge on any atom is -0.391 e. The third-order valence-electron chi connectivity index (χ3n) is 9.58. The van der Waals surface area contributed by atoms with Crippen molar-refractivity contribution in [3.63, 3.8) is 0 Å². The van der Waals surface area contributed by atoms with Crippen LogP contribution in [0.4, 0.5) is 5.82 Å². The summed E-state index contributed by atoms with van der Waals surface area (Å²) in [5, 5.41) is 30.9. The number of nitrogens with one attached hydrogen (secondary N) is 2. The number of hydrogen-bond acceptors (Lipinski definition) is 8. The molecule has 10 heteroatoms. The first-order valence-corrected chi connectivity index (χ1v) is 16.4. The Hall–Kier alpha value is -4.62. The van der Waals surface area contributed by atoms with Crippen LogP contribution in [-0.2, 0) is 24.8 Å². The molecule has 1 amide bonds. The van der Waals surface area contributed by atoms with Crippen molar-refractivity contribution in [3.05, 3.63) is 89.9 Å². The summed E-state index contributed by atoms with van der Waals surface area (Å²) in [4.78, 5) is 27.9. The fraction of sp³-hybridized carbons (Fsp3) is 0.444. The van der Waals surface area contributed by atoms with E-state index in [0.717, 1.165) is 73.8 Å². The van der Waals surface area contributed by atoms with Gasteiger partial charge in [-0.2, -0.15) is 10.4 Å². The molecule has 0 spiro atoms. The number of nitriles is 1. The first-order valence-electron chi connectivity index (χ1n) is 16.4. The zero-order valence-corrected chi connectivity index (χ0v) is 26.3. The van der Waals surface area contributed by atoms with E-state index in [9.17, 15) is 15.2 Å². The summed E-state index contributed by atoms with van der Waals surface area (Å²) in [5.74, 6) is 1.42. The van der Waals surface area contributed by atoms with E-state index in [1.54, 1.807) is 10.9 Å². The number of pyridine rings is 1. The van der Waals surface area contributed by atoms with Gasteiger partial charge in [0.05, 0.1) is 36.2 Å². The number of aryl methyl sites for hydroxylation is 1. The Morgan fingerprint density at radius 2 is 1.80 bits per heavy atom. The minimum atomic E-state index is -0.437. The molecule has 0 radical (unpaired) electrons. The van der Waals surface area contributed by atoms with E-state index in [1.807, 2.05) is 68.1 Å². The van der Waals surface area contributed by atoms with Gasteiger partial charge in [-0.05, 0) is 62.0 Å². The highest BCUT2D eigenvalue weighted by atomic mass is 16.3. The summed E-state index contributed by atoms with van der Waals surface area (Å²) >= 11 is 0. The highest BCUT2D eigenvalue weighted by Gasteiger charge is 2.34. The summed E-state index contributed by atoms with van der Waals surface area (Å²) in [7, 11) is 1.89. The molecule has 1 aromatic carbocycles. The lowest BCUT2D eigenvalue weighted by molar-refractivity contribution is -0.124. The third-order valence-corrected chi connectivity index (χ3v) is 9.58. The quantitative estimate of drug-likeness (QED) is 0.217. The highest BCUT2D eigenvalue weighted by molar-refractivity contribution is 5.83. The number of amides is 1. The Morgan fingerprint density at radius 3 is 2.50 bits per heavy atom. The maximum atomic E-state index is 13.8. The van der Waals surface area contributed by atoms with Crippen LogP contribution >= 0.6 is 0 Å². The highest BCUT2D eigenvalue weighted by Crippen LogP contribution is 2.39. The smallest absolute Gasteiger partial charge is 0.229 e. The van der Waals surface area contributed by atoms with E-state index in [4.69, 9.17) is 9.97 Å². The molecule has 0 aliphatic heterocycles. The molecule has 2 aliphatic carbocycles. The van der Waals surface area contributed by atoms with Crippen molar-refractivity contribution in [2.75, 3.05) is 5.32 Å². The van der Waals surface area contributed by atoms with Gasteiger partial charge in [0, 0.05) is 43.5 Å². The van der Waals surface area contributed by atoms with Crippen LogP contribution in [0.3, 0.4) is 0 Å². The van der Waals surface area contributed by atoms with E-state index < -0.39 is 6.10 Å². The Morgan fingerprint density at radius 1 is 1.00 bits per heavy atom. The van der Waals surface area contributed by atoms with Gasteiger partial charge >= 0.3 is 0 Å². The number of anilines is 1. The predicted molar refractivity (Wildman–Crippen MR) is 175 cm³/mol. The summed E-state index contributed by atoms with van der Waals surface area (Å²) in [6.07, 6.45) is 14.9. The van der Waals surface area contributed by atoms with E-state index in [-0.39, 0.29) is 23.8 Å². The van der Waals surface area contributed by atoms with Crippen molar-refractivity contribution < 1.29 is 9.90 Å². The van der Waals surface area contributed by atoms with Crippen molar-refractivity contribution in [3.8, 4) is 17.2 Å². The largest absolute Gasteiger partial charge is 0.391 e. The number of aliphatic hydroxyl groups is 1. The van der Waals surface area contributed by atoms with Crippen LogP contribution in [0, 0.1) is 23.2 Å². The summed E-state index contributed by atoms with van der Waals surface area (Å²) in [6, 6.07) is 16.1. The van der Waals surface area contributed by atoms with Crippen molar-refractivity contribution in [2.24, 2.45) is 18.9 Å². The van der Waals surface area contributed by atoms with Crippen molar-refractivity contribution in [2.45, 2.75) is 82.4 Å². The molecule has 2 aliphatic rings. The molecule has 46 heavy (non-hydrogen) atoms. The summed E-state index contributed by atoms with van der Waals surface area (Å²) < 4.78 is 1.77. The molecule has 238 valence electrons. The predicted octanol–water partition coefficient (Wildman–Crippen LogP) is 5.31. The molecule has 10 nitrogen and oxygen atoms in total. The number of carbonyl (C=O) groups excluding carboxylic acids is 1. The van der Waals surface area contributed by atoms with Gasteiger partial charge in [-0.1, -0.05) is 49.2 Å². The number of rotatable bonds is 10. The normalized spacial score (nSPS) is 22.0. The fourth-order valence-electron chi connectivity index (χ4n) is 6.96. The Labute approximate surface area is 270 Å². The van der Waals surface area contributed by atoms with E-state index in [0.29, 0.717) is 36.1 Å². The van der Waals surface area contributed by atoms with Gasteiger partial charge in [-0.25, -0.2) is 9.97 Å². The number of aliphatic hydroxyl groups excluding tert-OH is 1. The molecule has 2 fully saturated rings. The number of nitrogens with zero attached hydrogens (tertiary/aromatic N) is 6. The molecule has 2 saturated carbocycles. The standard InChI is InChI=1S/C36H42N8O2/c1-44-23-29(22-41-44)27-15-16-31(38-20-27)34(36(46)40-19-25-7-3-2-4-8-25)26-13-11-24(12-14-26)17-33-39-21-28(18-37)35(43-33)42-30-9-5-6-10-32(30)45/h2-4,7-8,15-16,20-24,26,30,32,34,45H,5-6,9-14,17,19H2,1H3,(H,40,46)(H,39,42,43)/t24-,26-,30?,32?,34?. The van der Waals surface area contributed by atoms with E-state index in [1.165, 1.54) is 0 Å². The van der Waals surface area contributed by atoms with Crippen molar-refractivity contribution in [1.82, 2.24) is 30.0 Å². The second-order valence-corrected chi connectivity index (χ2v) is 12.8. The average molecular weight is 619 g/mol.